The monoisotopic (exact) mass is 342 g/mol. The first-order valence-electron chi connectivity index (χ1n) is 8.00. The normalized spacial score (nSPS) is 14.5. The molecule has 0 fully saturated rings. The number of fused-ring (bicyclic) bond motifs is 1. The molecule has 3 rings (SSSR count). The Bertz CT molecular complexity index is 812. The van der Waals surface area contributed by atoms with Crippen LogP contribution >= 0.6 is 11.6 Å². The molecule has 6 heteroatoms. The van der Waals surface area contributed by atoms with Crippen molar-refractivity contribution in [1.29, 1.82) is 0 Å². The summed E-state index contributed by atoms with van der Waals surface area (Å²) in [4.78, 5) is 12.0. The lowest BCUT2D eigenvalue weighted by atomic mass is 10.0. The molecule has 2 heterocycles. The van der Waals surface area contributed by atoms with Crippen molar-refractivity contribution in [2.75, 3.05) is 6.54 Å². The van der Waals surface area contributed by atoms with E-state index >= 15 is 0 Å². The van der Waals surface area contributed by atoms with Crippen LogP contribution in [0.4, 0.5) is 0 Å². The molecule has 5 nitrogen and oxygen atoms in total. The van der Waals surface area contributed by atoms with Crippen LogP contribution < -0.4 is 5.32 Å². The Morgan fingerprint density at radius 2 is 2.17 bits per heavy atom. The molecule has 1 N–H and O–H groups in total. The highest BCUT2D eigenvalue weighted by Crippen LogP contribution is 2.37. The van der Waals surface area contributed by atoms with Gasteiger partial charge in [-0.1, -0.05) is 11.6 Å². The molecule has 1 aromatic carbocycles. The van der Waals surface area contributed by atoms with Crippen LogP contribution in [0.1, 0.15) is 25.7 Å². The minimum atomic E-state index is -0.389. The molecule has 0 radical (unpaired) electrons. The van der Waals surface area contributed by atoms with Crippen LogP contribution in [0.3, 0.4) is 0 Å². The molecule has 1 aliphatic rings. The molecule has 124 valence electrons. The fourth-order valence-corrected chi connectivity index (χ4v) is 2.93. The molecule has 0 aliphatic carbocycles. The number of terminal acetylenes is 1. The number of nitrogens with zero attached hydrogens (tertiary/aromatic N) is 3. The third-order valence-electron chi connectivity index (χ3n) is 4.21. The van der Waals surface area contributed by atoms with Crippen LogP contribution in [-0.4, -0.2) is 22.7 Å². The van der Waals surface area contributed by atoms with Gasteiger partial charge in [0.05, 0.1) is 0 Å². The Morgan fingerprint density at radius 1 is 1.33 bits per heavy atom. The van der Waals surface area contributed by atoms with Crippen molar-refractivity contribution in [2.45, 2.75) is 37.9 Å². The smallest absolute Gasteiger partial charge is 0.220 e. The largest absolute Gasteiger partial charge is 0.354 e. The summed E-state index contributed by atoms with van der Waals surface area (Å²) in [5.74, 6) is 2.61. The first-order chi connectivity index (χ1) is 11.6. The zero-order chi connectivity index (χ0) is 17.0. The van der Waals surface area contributed by atoms with Gasteiger partial charge in [-0.15, -0.1) is 12.3 Å². The first kappa shape index (κ1) is 16.5. The summed E-state index contributed by atoms with van der Waals surface area (Å²) in [6, 6.07) is 7.82. The Morgan fingerprint density at radius 3 is 2.92 bits per heavy atom. The van der Waals surface area contributed by atoms with Gasteiger partial charge in [0.2, 0.25) is 5.91 Å². The number of amides is 1. The van der Waals surface area contributed by atoms with Crippen molar-refractivity contribution >= 4 is 28.4 Å². The number of halogens is 1. The van der Waals surface area contributed by atoms with Crippen molar-refractivity contribution in [1.82, 2.24) is 9.88 Å². The lowest BCUT2D eigenvalue weighted by Gasteiger charge is -2.10. The van der Waals surface area contributed by atoms with Crippen LogP contribution in [0, 0.1) is 12.3 Å². The van der Waals surface area contributed by atoms with E-state index in [1.807, 2.05) is 30.5 Å². The van der Waals surface area contributed by atoms with Crippen LogP contribution in [0.5, 0.6) is 0 Å². The standard InChI is InChI=1S/C18H19ClN4O/c1-2-3-8-18(21-22-18)9-6-17(24)20-10-12-23-11-7-14-13-15(19)4-5-16(14)23/h1,4-5,7,11,13H,3,6,8-10,12H2,(H,20,24). The maximum absolute atomic E-state index is 12.0. The highest BCUT2D eigenvalue weighted by molar-refractivity contribution is 6.31. The van der Waals surface area contributed by atoms with Gasteiger partial charge in [-0.05, 0) is 24.3 Å². The van der Waals surface area contributed by atoms with Crippen molar-refractivity contribution in [3.05, 3.63) is 35.5 Å². The number of rotatable bonds is 8. The molecule has 24 heavy (non-hydrogen) atoms. The zero-order valence-electron chi connectivity index (χ0n) is 13.3. The van der Waals surface area contributed by atoms with Crippen LogP contribution in [0.15, 0.2) is 40.7 Å². The van der Waals surface area contributed by atoms with Crippen LogP contribution in [0.25, 0.3) is 10.9 Å². The number of carbonyl (C=O) groups excluding carboxylic acids is 1. The van der Waals surface area contributed by atoms with E-state index in [1.165, 1.54) is 0 Å². The Labute approximate surface area is 146 Å². The molecule has 0 saturated carbocycles. The van der Waals surface area contributed by atoms with Gasteiger partial charge in [0, 0.05) is 60.9 Å². The van der Waals surface area contributed by atoms with Crippen molar-refractivity contribution < 1.29 is 4.79 Å². The molecule has 1 amide bonds. The fourth-order valence-electron chi connectivity index (χ4n) is 2.75. The topological polar surface area (TPSA) is 58.8 Å². The summed E-state index contributed by atoms with van der Waals surface area (Å²) in [6.07, 6.45) is 9.68. The number of aromatic nitrogens is 1. The van der Waals surface area contributed by atoms with E-state index in [4.69, 9.17) is 18.0 Å². The van der Waals surface area contributed by atoms with Gasteiger partial charge in [-0.2, -0.15) is 10.2 Å². The minimum Gasteiger partial charge on any atom is -0.354 e. The highest BCUT2D eigenvalue weighted by atomic mass is 35.5. The molecule has 2 aromatic rings. The summed E-state index contributed by atoms with van der Waals surface area (Å²) in [5.41, 5.74) is 0.719. The maximum atomic E-state index is 12.0. The molecule has 0 saturated heterocycles. The summed E-state index contributed by atoms with van der Waals surface area (Å²) in [7, 11) is 0. The zero-order valence-corrected chi connectivity index (χ0v) is 14.1. The number of hydrogen-bond donors (Lipinski definition) is 1. The molecule has 0 atom stereocenters. The van der Waals surface area contributed by atoms with Crippen molar-refractivity contribution in [2.24, 2.45) is 10.2 Å². The van der Waals surface area contributed by atoms with Gasteiger partial charge in [0.15, 0.2) is 5.66 Å². The Balaban J connectivity index is 1.43. The van der Waals surface area contributed by atoms with E-state index in [0.717, 1.165) is 22.3 Å². The second kappa shape index (κ2) is 7.06. The molecule has 0 unspecified atom stereocenters. The van der Waals surface area contributed by atoms with Crippen molar-refractivity contribution in [3.8, 4) is 12.3 Å². The molecule has 0 spiro atoms. The Kier molecular flexibility index (Phi) is 4.86. The van der Waals surface area contributed by atoms with Gasteiger partial charge < -0.3 is 9.88 Å². The van der Waals surface area contributed by atoms with Gasteiger partial charge in [-0.25, -0.2) is 0 Å². The quantitative estimate of drug-likeness (QED) is 0.729. The number of nitrogens with one attached hydrogen (secondary N) is 1. The molecular formula is C18H19ClN4O. The van der Waals surface area contributed by atoms with E-state index < -0.39 is 0 Å². The average Bonchev–Trinajstić information content (AvgIpc) is 3.25. The van der Waals surface area contributed by atoms with E-state index in [0.29, 0.717) is 32.4 Å². The third-order valence-corrected chi connectivity index (χ3v) is 4.45. The van der Waals surface area contributed by atoms with E-state index in [2.05, 4.69) is 26.0 Å². The lowest BCUT2D eigenvalue weighted by molar-refractivity contribution is -0.121. The second-order valence-corrected chi connectivity index (χ2v) is 6.39. The van der Waals surface area contributed by atoms with Gasteiger partial charge >= 0.3 is 0 Å². The predicted octanol–water partition coefficient (Wildman–Crippen LogP) is 3.77. The third kappa shape index (κ3) is 3.95. The first-order valence-corrected chi connectivity index (χ1v) is 8.38. The molecule has 1 aliphatic heterocycles. The Hall–Kier alpha value is -2.32. The minimum absolute atomic E-state index is 0.0203. The van der Waals surface area contributed by atoms with Gasteiger partial charge in [0.25, 0.3) is 0 Å². The molecule has 1 aromatic heterocycles. The fraction of sp³-hybridized carbons (Fsp3) is 0.389. The van der Waals surface area contributed by atoms with E-state index in [9.17, 15) is 4.79 Å². The average molecular weight is 343 g/mol. The van der Waals surface area contributed by atoms with E-state index in [-0.39, 0.29) is 11.6 Å². The van der Waals surface area contributed by atoms with Gasteiger partial charge in [-0.3, -0.25) is 4.79 Å². The maximum Gasteiger partial charge on any atom is 0.220 e. The predicted molar refractivity (Wildman–Crippen MR) is 94.8 cm³/mol. The SMILES string of the molecule is C#CCCC1(CCC(=O)NCCn2ccc3cc(Cl)ccc32)N=N1. The second-order valence-electron chi connectivity index (χ2n) is 5.95. The van der Waals surface area contributed by atoms with E-state index in [1.54, 1.807) is 0 Å². The molecular weight excluding hydrogens is 324 g/mol. The number of hydrogen-bond acceptors (Lipinski definition) is 3. The number of benzene rings is 1. The van der Waals surface area contributed by atoms with Crippen LogP contribution in [-0.2, 0) is 11.3 Å². The highest BCUT2D eigenvalue weighted by Gasteiger charge is 2.39. The lowest BCUT2D eigenvalue weighted by Crippen LogP contribution is -2.28. The van der Waals surface area contributed by atoms with Gasteiger partial charge in [0.1, 0.15) is 0 Å². The summed E-state index contributed by atoms with van der Waals surface area (Å²) in [6.45, 7) is 1.30. The molecule has 0 bridgehead atoms. The van der Waals surface area contributed by atoms with Crippen molar-refractivity contribution in [3.63, 3.8) is 0 Å². The summed E-state index contributed by atoms with van der Waals surface area (Å²) < 4.78 is 2.10. The summed E-state index contributed by atoms with van der Waals surface area (Å²) in [5, 5.41) is 12.8. The summed E-state index contributed by atoms with van der Waals surface area (Å²) >= 11 is 5.99. The number of carbonyl (C=O) groups is 1. The van der Waals surface area contributed by atoms with Crippen LogP contribution in [0.2, 0.25) is 5.02 Å².